The molecule has 0 aliphatic carbocycles. The highest BCUT2D eigenvalue weighted by Crippen LogP contribution is 2.13. The fraction of sp³-hybridized carbons (Fsp3) is 0.895. The van der Waals surface area contributed by atoms with Gasteiger partial charge in [-0.1, -0.05) is 103 Å². The molecule has 0 atom stereocenters. The van der Waals surface area contributed by atoms with E-state index in [1.54, 1.807) is 0 Å². The van der Waals surface area contributed by atoms with Gasteiger partial charge < -0.3 is 5.11 Å². The van der Waals surface area contributed by atoms with Crippen LogP contribution in [0.2, 0.25) is 0 Å². The van der Waals surface area contributed by atoms with Crippen LogP contribution in [0.1, 0.15) is 110 Å². The Kier molecular flexibility index (Phi) is 17.1. The zero-order valence-electron chi connectivity index (χ0n) is 14.2. The summed E-state index contributed by atoms with van der Waals surface area (Å²) >= 11 is 0. The summed E-state index contributed by atoms with van der Waals surface area (Å²) in [6, 6.07) is 0. The number of unbranched alkanes of at least 4 members (excludes halogenated alkanes) is 15. The van der Waals surface area contributed by atoms with Crippen LogP contribution in [0.25, 0.3) is 0 Å². The Balaban J connectivity index is 2.95. The van der Waals surface area contributed by atoms with Crippen LogP contribution < -0.4 is 0 Å². The van der Waals surface area contributed by atoms with Crippen molar-refractivity contribution in [2.45, 2.75) is 110 Å². The second kappa shape index (κ2) is 17.5. The Labute approximate surface area is 132 Å². The molecule has 21 heavy (non-hydrogen) atoms. The number of hydrogen-bond acceptors (Lipinski definition) is 1. The van der Waals surface area contributed by atoms with Crippen molar-refractivity contribution in [2.24, 2.45) is 0 Å². The van der Waals surface area contributed by atoms with Gasteiger partial charge in [-0.2, -0.15) is 0 Å². The minimum Gasteiger partial charge on any atom is -0.481 e. The van der Waals surface area contributed by atoms with Crippen LogP contribution >= 0.6 is 0 Å². The Morgan fingerprint density at radius 3 is 1.33 bits per heavy atom. The first-order chi connectivity index (χ1) is 10.3. The van der Waals surface area contributed by atoms with E-state index in [4.69, 9.17) is 5.11 Å². The molecule has 0 rings (SSSR count). The molecule has 0 bridgehead atoms. The van der Waals surface area contributed by atoms with Gasteiger partial charge in [0.05, 0.1) is 6.42 Å². The standard InChI is InChI=1S/C19H37O2/c1-2-3-4-5-6-7-8-9-10-11-12-13-14-15-16-17-18-19(20)21/h18H,2-17H2,1H3,(H,20,21). The van der Waals surface area contributed by atoms with Gasteiger partial charge in [-0.25, -0.2) is 0 Å². The highest BCUT2D eigenvalue weighted by molar-refractivity contribution is 5.76. The fourth-order valence-electron chi connectivity index (χ4n) is 2.74. The van der Waals surface area contributed by atoms with Gasteiger partial charge in [0.25, 0.3) is 0 Å². The summed E-state index contributed by atoms with van der Waals surface area (Å²) in [5, 5.41) is 8.47. The molecule has 0 unspecified atom stereocenters. The van der Waals surface area contributed by atoms with Gasteiger partial charge in [-0.3, -0.25) is 4.79 Å². The van der Waals surface area contributed by atoms with Crippen molar-refractivity contribution < 1.29 is 9.90 Å². The SMILES string of the molecule is CCCCCCCCCCCCCCCCC[CH]C(=O)O. The average molecular weight is 298 g/mol. The van der Waals surface area contributed by atoms with Gasteiger partial charge in [-0.05, 0) is 6.42 Å². The van der Waals surface area contributed by atoms with E-state index in [9.17, 15) is 4.79 Å². The Hall–Kier alpha value is -0.530. The van der Waals surface area contributed by atoms with Crippen LogP contribution in [0.4, 0.5) is 0 Å². The molecule has 0 aromatic carbocycles. The summed E-state index contributed by atoms with van der Waals surface area (Å²) in [5.74, 6) is -0.777. The molecule has 0 aliphatic heterocycles. The number of rotatable bonds is 17. The zero-order chi connectivity index (χ0) is 15.6. The number of carboxylic acid groups (broad SMARTS) is 1. The lowest BCUT2D eigenvalue weighted by Gasteiger charge is -2.03. The second-order valence-corrected chi connectivity index (χ2v) is 6.28. The quantitative estimate of drug-likeness (QED) is 0.310. The van der Waals surface area contributed by atoms with Crippen molar-refractivity contribution in [3.63, 3.8) is 0 Å². The predicted octanol–water partition coefficient (Wildman–Crippen LogP) is 6.54. The van der Waals surface area contributed by atoms with E-state index in [1.807, 2.05) is 0 Å². The summed E-state index contributed by atoms with van der Waals surface area (Å²) in [6.07, 6.45) is 22.4. The van der Waals surface area contributed by atoms with E-state index in [0.29, 0.717) is 0 Å². The highest BCUT2D eigenvalue weighted by atomic mass is 16.4. The van der Waals surface area contributed by atoms with Crippen LogP contribution in [-0.2, 0) is 4.79 Å². The molecule has 0 amide bonds. The van der Waals surface area contributed by atoms with Crippen molar-refractivity contribution >= 4 is 5.97 Å². The third-order valence-corrected chi connectivity index (χ3v) is 4.13. The smallest absolute Gasteiger partial charge is 0.307 e. The Bertz CT molecular complexity index is 214. The molecule has 0 saturated heterocycles. The summed E-state index contributed by atoms with van der Waals surface area (Å²) in [5.41, 5.74) is 0. The topological polar surface area (TPSA) is 37.3 Å². The Morgan fingerprint density at radius 2 is 1.00 bits per heavy atom. The number of carbonyl (C=O) groups is 1. The van der Waals surface area contributed by atoms with Crippen molar-refractivity contribution in [3.8, 4) is 0 Å². The Morgan fingerprint density at radius 1 is 0.667 bits per heavy atom. The highest BCUT2D eigenvalue weighted by Gasteiger charge is 1.97. The molecular weight excluding hydrogens is 260 g/mol. The van der Waals surface area contributed by atoms with E-state index >= 15 is 0 Å². The van der Waals surface area contributed by atoms with Gasteiger partial charge in [0.1, 0.15) is 0 Å². The normalized spacial score (nSPS) is 10.9. The molecule has 1 N–H and O–H groups in total. The van der Waals surface area contributed by atoms with E-state index < -0.39 is 5.97 Å². The van der Waals surface area contributed by atoms with Gasteiger partial charge in [-0.15, -0.1) is 0 Å². The molecule has 0 aliphatic rings. The van der Waals surface area contributed by atoms with Gasteiger partial charge >= 0.3 is 5.97 Å². The number of carboxylic acids is 1. The van der Waals surface area contributed by atoms with E-state index in [-0.39, 0.29) is 0 Å². The minimum absolute atomic E-state index is 0.730. The molecule has 0 aromatic rings. The fourth-order valence-corrected chi connectivity index (χ4v) is 2.74. The molecular formula is C19H37O2. The largest absolute Gasteiger partial charge is 0.481 e. The first-order valence-corrected chi connectivity index (χ1v) is 9.33. The van der Waals surface area contributed by atoms with Gasteiger partial charge in [0.2, 0.25) is 0 Å². The van der Waals surface area contributed by atoms with Crippen LogP contribution in [0.5, 0.6) is 0 Å². The molecule has 0 saturated carbocycles. The molecule has 2 nitrogen and oxygen atoms in total. The van der Waals surface area contributed by atoms with Crippen LogP contribution in [-0.4, -0.2) is 11.1 Å². The third kappa shape index (κ3) is 19.5. The molecule has 2 heteroatoms. The monoisotopic (exact) mass is 297 g/mol. The van der Waals surface area contributed by atoms with Crippen molar-refractivity contribution in [3.05, 3.63) is 6.42 Å². The van der Waals surface area contributed by atoms with Crippen LogP contribution in [0.3, 0.4) is 0 Å². The molecule has 1 radical (unpaired) electrons. The van der Waals surface area contributed by atoms with Gasteiger partial charge in [0.15, 0.2) is 0 Å². The van der Waals surface area contributed by atoms with E-state index in [0.717, 1.165) is 12.8 Å². The molecule has 0 heterocycles. The zero-order valence-corrected chi connectivity index (χ0v) is 14.2. The lowest BCUT2D eigenvalue weighted by Crippen LogP contribution is -1.94. The number of hydrogen-bond donors (Lipinski definition) is 1. The van der Waals surface area contributed by atoms with E-state index in [1.165, 1.54) is 96.3 Å². The summed E-state index contributed by atoms with van der Waals surface area (Å²) in [7, 11) is 0. The molecule has 0 fully saturated rings. The van der Waals surface area contributed by atoms with Crippen LogP contribution in [0, 0.1) is 6.42 Å². The van der Waals surface area contributed by atoms with Crippen molar-refractivity contribution in [2.75, 3.05) is 0 Å². The maximum atomic E-state index is 10.3. The molecule has 125 valence electrons. The summed E-state index contributed by atoms with van der Waals surface area (Å²) in [4.78, 5) is 10.3. The first-order valence-electron chi connectivity index (χ1n) is 9.33. The first kappa shape index (κ1) is 20.5. The predicted molar refractivity (Wildman–Crippen MR) is 91.5 cm³/mol. The third-order valence-electron chi connectivity index (χ3n) is 4.13. The van der Waals surface area contributed by atoms with Crippen molar-refractivity contribution in [1.82, 2.24) is 0 Å². The van der Waals surface area contributed by atoms with E-state index in [2.05, 4.69) is 6.92 Å². The molecule has 0 spiro atoms. The maximum Gasteiger partial charge on any atom is 0.307 e. The lowest BCUT2D eigenvalue weighted by molar-refractivity contribution is -0.133. The lowest BCUT2D eigenvalue weighted by atomic mass is 10.0. The second-order valence-electron chi connectivity index (χ2n) is 6.28. The van der Waals surface area contributed by atoms with Crippen LogP contribution in [0.15, 0.2) is 0 Å². The van der Waals surface area contributed by atoms with Crippen molar-refractivity contribution in [1.29, 1.82) is 0 Å². The summed E-state index contributed by atoms with van der Waals surface area (Å²) < 4.78 is 0. The van der Waals surface area contributed by atoms with Gasteiger partial charge in [0, 0.05) is 0 Å². The molecule has 0 aromatic heterocycles. The maximum absolute atomic E-state index is 10.3. The number of aliphatic carboxylic acids is 1. The average Bonchev–Trinajstić information content (AvgIpc) is 2.46. The summed E-state index contributed by atoms with van der Waals surface area (Å²) in [6.45, 7) is 2.27. The minimum atomic E-state index is -0.777.